The Labute approximate surface area is 147 Å². The summed E-state index contributed by atoms with van der Waals surface area (Å²) in [5.74, 6) is -0.366. The maximum Gasteiger partial charge on any atom is 0.404 e. The summed E-state index contributed by atoms with van der Waals surface area (Å²) in [6, 6.07) is 4.14. The molecule has 2 saturated heterocycles. The number of halogens is 2. The van der Waals surface area contributed by atoms with Crippen LogP contribution in [-0.2, 0) is 6.42 Å². The Hall–Kier alpha value is -1.83. The van der Waals surface area contributed by atoms with Gasteiger partial charge in [-0.15, -0.1) is 0 Å². The Bertz CT molecular complexity index is 653. The van der Waals surface area contributed by atoms with Gasteiger partial charge in [0.05, 0.1) is 16.6 Å². The quantitative estimate of drug-likeness (QED) is 0.820. The Morgan fingerprint density at radius 2 is 2.08 bits per heavy atom. The maximum atomic E-state index is 14.3. The van der Waals surface area contributed by atoms with Crippen LogP contribution >= 0.6 is 15.9 Å². The first kappa shape index (κ1) is 17.0. The van der Waals surface area contributed by atoms with E-state index in [1.165, 1.54) is 0 Å². The van der Waals surface area contributed by atoms with E-state index in [0.717, 1.165) is 19.5 Å². The number of nitrogens with one attached hydrogen (secondary N) is 1. The molecule has 2 N–H and O–H groups in total. The summed E-state index contributed by atoms with van der Waals surface area (Å²) in [5.41, 5.74) is 0.467. The van der Waals surface area contributed by atoms with Crippen LogP contribution in [0.25, 0.3) is 0 Å². The molecule has 0 saturated carbocycles. The molecule has 1 aromatic rings. The fraction of sp³-hybridized carbons (Fsp3) is 0.500. The lowest BCUT2D eigenvalue weighted by Gasteiger charge is -2.37. The number of likely N-dealkylation sites (tertiary alicyclic amines) is 2. The van der Waals surface area contributed by atoms with Crippen molar-refractivity contribution in [2.75, 3.05) is 19.6 Å². The third kappa shape index (κ3) is 3.33. The van der Waals surface area contributed by atoms with E-state index in [1.54, 1.807) is 28.0 Å². The molecule has 1 aromatic carbocycles. The van der Waals surface area contributed by atoms with E-state index in [1.807, 2.05) is 0 Å². The van der Waals surface area contributed by atoms with E-state index in [4.69, 9.17) is 5.11 Å². The lowest BCUT2D eigenvalue weighted by Crippen LogP contribution is -2.54. The monoisotopic (exact) mass is 399 g/mol. The summed E-state index contributed by atoms with van der Waals surface area (Å²) < 4.78 is 14.7. The molecule has 6 nitrogen and oxygen atoms in total. The van der Waals surface area contributed by atoms with Crippen molar-refractivity contribution in [1.82, 2.24) is 15.1 Å². The number of amides is 3. The second-order valence-corrected chi connectivity index (χ2v) is 7.00. The first-order chi connectivity index (χ1) is 11.5. The minimum Gasteiger partial charge on any atom is -0.465 e. The van der Waals surface area contributed by atoms with Crippen LogP contribution in [0.1, 0.15) is 18.4 Å². The van der Waals surface area contributed by atoms with Gasteiger partial charge in [0.25, 0.3) is 0 Å². The van der Waals surface area contributed by atoms with Crippen LogP contribution in [0.3, 0.4) is 0 Å². The van der Waals surface area contributed by atoms with Crippen molar-refractivity contribution in [2.24, 2.45) is 0 Å². The van der Waals surface area contributed by atoms with Crippen molar-refractivity contribution in [3.05, 3.63) is 34.1 Å². The van der Waals surface area contributed by atoms with Gasteiger partial charge in [0.15, 0.2) is 0 Å². The second kappa shape index (κ2) is 6.96. The molecule has 0 spiro atoms. The van der Waals surface area contributed by atoms with Gasteiger partial charge < -0.3 is 20.2 Å². The minimum absolute atomic E-state index is 0.0867. The van der Waals surface area contributed by atoms with E-state index >= 15 is 0 Å². The number of carbonyl (C=O) groups excluding carboxylic acids is 1. The number of carbonyl (C=O) groups is 2. The van der Waals surface area contributed by atoms with Crippen molar-refractivity contribution >= 4 is 28.1 Å². The Kier molecular flexibility index (Phi) is 4.93. The molecular formula is C16H19BrFN3O3. The number of hydrogen-bond donors (Lipinski definition) is 2. The number of benzene rings is 1. The van der Waals surface area contributed by atoms with Crippen molar-refractivity contribution < 1.29 is 19.1 Å². The maximum absolute atomic E-state index is 14.3. The average Bonchev–Trinajstić information content (AvgIpc) is 2.84. The molecule has 0 aromatic heterocycles. The first-order valence-corrected chi connectivity index (χ1v) is 8.74. The van der Waals surface area contributed by atoms with Gasteiger partial charge in [-0.05, 0) is 46.8 Å². The summed E-state index contributed by atoms with van der Waals surface area (Å²) in [4.78, 5) is 27.1. The van der Waals surface area contributed by atoms with Crippen molar-refractivity contribution in [3.63, 3.8) is 0 Å². The Balaban J connectivity index is 1.82. The predicted octanol–water partition coefficient (Wildman–Crippen LogP) is 2.67. The lowest BCUT2D eigenvalue weighted by atomic mass is 9.99. The van der Waals surface area contributed by atoms with Crippen LogP contribution in [0.4, 0.5) is 14.0 Å². The predicted molar refractivity (Wildman–Crippen MR) is 89.4 cm³/mol. The number of carboxylic acid groups (broad SMARTS) is 1. The molecule has 3 rings (SSSR count). The van der Waals surface area contributed by atoms with E-state index in [9.17, 15) is 14.0 Å². The summed E-state index contributed by atoms with van der Waals surface area (Å²) >= 11 is 3.16. The van der Waals surface area contributed by atoms with E-state index in [2.05, 4.69) is 21.2 Å². The molecule has 0 unspecified atom stereocenters. The van der Waals surface area contributed by atoms with E-state index in [-0.39, 0.29) is 18.3 Å². The fourth-order valence-electron chi connectivity index (χ4n) is 3.29. The zero-order valence-electron chi connectivity index (χ0n) is 13.0. The zero-order chi connectivity index (χ0) is 17.3. The number of urea groups is 1. The molecule has 2 aliphatic rings. The highest BCUT2D eigenvalue weighted by Gasteiger charge is 2.40. The largest absolute Gasteiger partial charge is 0.465 e. The van der Waals surface area contributed by atoms with Crippen molar-refractivity contribution in [1.29, 1.82) is 0 Å². The van der Waals surface area contributed by atoms with Gasteiger partial charge in [-0.3, -0.25) is 0 Å². The highest BCUT2D eigenvalue weighted by Crippen LogP contribution is 2.27. The molecule has 2 aliphatic heterocycles. The summed E-state index contributed by atoms with van der Waals surface area (Å²) in [7, 11) is 0. The van der Waals surface area contributed by atoms with Crippen LogP contribution < -0.4 is 5.32 Å². The van der Waals surface area contributed by atoms with E-state index in [0.29, 0.717) is 23.0 Å². The molecule has 2 heterocycles. The van der Waals surface area contributed by atoms with Gasteiger partial charge in [0.2, 0.25) is 0 Å². The fourth-order valence-corrected chi connectivity index (χ4v) is 3.70. The summed E-state index contributed by atoms with van der Waals surface area (Å²) in [6.45, 7) is 1.93. The normalized spacial score (nSPS) is 23.1. The van der Waals surface area contributed by atoms with E-state index < -0.39 is 18.2 Å². The SMILES string of the molecule is O=C(O)N[C@H]1CCN(C(=O)N2CCC2)[C@H]1Cc1cccc(Br)c1F. The van der Waals surface area contributed by atoms with Crippen molar-refractivity contribution in [2.45, 2.75) is 31.3 Å². The molecule has 3 amide bonds. The average molecular weight is 400 g/mol. The zero-order valence-corrected chi connectivity index (χ0v) is 14.6. The second-order valence-electron chi connectivity index (χ2n) is 6.15. The first-order valence-electron chi connectivity index (χ1n) is 7.95. The molecule has 24 heavy (non-hydrogen) atoms. The molecule has 8 heteroatoms. The van der Waals surface area contributed by atoms with Crippen LogP contribution in [-0.4, -0.2) is 58.7 Å². The van der Waals surface area contributed by atoms with Gasteiger partial charge in [0.1, 0.15) is 5.82 Å². The summed E-state index contributed by atoms with van der Waals surface area (Å²) in [6.07, 6.45) is 0.668. The standard InChI is InChI=1S/C16H19BrFN3O3/c17-11-4-1-3-10(14(11)18)9-13-12(19-15(22)23)5-8-21(13)16(24)20-6-2-7-20/h1,3-4,12-13,19H,2,5-9H2,(H,22,23)/t12-,13-/m0/s1. The highest BCUT2D eigenvalue weighted by molar-refractivity contribution is 9.10. The third-order valence-electron chi connectivity index (χ3n) is 4.69. The molecule has 0 aliphatic carbocycles. The Morgan fingerprint density at radius 1 is 1.33 bits per heavy atom. The molecule has 0 bridgehead atoms. The molecule has 2 fully saturated rings. The Morgan fingerprint density at radius 3 is 2.71 bits per heavy atom. The molecule has 0 radical (unpaired) electrons. The molecule has 2 atom stereocenters. The lowest BCUT2D eigenvalue weighted by molar-refractivity contribution is 0.119. The topological polar surface area (TPSA) is 72.9 Å². The smallest absolute Gasteiger partial charge is 0.404 e. The van der Waals surface area contributed by atoms with Crippen LogP contribution in [0.15, 0.2) is 22.7 Å². The summed E-state index contributed by atoms with van der Waals surface area (Å²) in [5, 5.41) is 11.5. The van der Waals surface area contributed by atoms with Crippen LogP contribution in [0, 0.1) is 5.82 Å². The molecular weight excluding hydrogens is 381 g/mol. The molecule has 130 valence electrons. The van der Waals surface area contributed by atoms with Crippen LogP contribution in [0.5, 0.6) is 0 Å². The minimum atomic E-state index is -1.13. The number of rotatable bonds is 3. The van der Waals surface area contributed by atoms with Crippen molar-refractivity contribution in [3.8, 4) is 0 Å². The number of nitrogens with zero attached hydrogens (tertiary/aromatic N) is 2. The highest BCUT2D eigenvalue weighted by atomic mass is 79.9. The van der Waals surface area contributed by atoms with Gasteiger partial charge in [-0.2, -0.15) is 0 Å². The van der Waals surface area contributed by atoms with Gasteiger partial charge in [0, 0.05) is 19.6 Å². The van der Waals surface area contributed by atoms with Gasteiger partial charge >= 0.3 is 12.1 Å². The third-order valence-corrected chi connectivity index (χ3v) is 5.30. The van der Waals surface area contributed by atoms with Crippen LogP contribution in [0.2, 0.25) is 0 Å². The van der Waals surface area contributed by atoms with Gasteiger partial charge in [-0.25, -0.2) is 14.0 Å². The van der Waals surface area contributed by atoms with Gasteiger partial charge in [-0.1, -0.05) is 12.1 Å². The number of hydrogen-bond acceptors (Lipinski definition) is 2.